The highest BCUT2D eigenvalue weighted by atomic mass is 16.4. The minimum absolute atomic E-state index is 0.0824. The van der Waals surface area contributed by atoms with Crippen LogP contribution in [0.25, 0.3) is 0 Å². The van der Waals surface area contributed by atoms with Gasteiger partial charge in [-0.1, -0.05) is 19.8 Å². The molecule has 15 heavy (non-hydrogen) atoms. The molecule has 82 valence electrons. The lowest BCUT2D eigenvalue weighted by atomic mass is 9.73. The summed E-state index contributed by atoms with van der Waals surface area (Å²) >= 11 is 0. The predicted molar refractivity (Wildman–Crippen MR) is 55.0 cm³/mol. The second-order valence-corrected chi connectivity index (χ2v) is 4.02. The number of terminal acetylenes is 1. The van der Waals surface area contributed by atoms with Crippen molar-refractivity contribution in [1.82, 2.24) is 5.32 Å². The van der Waals surface area contributed by atoms with Crippen molar-refractivity contribution in [3.8, 4) is 12.3 Å². The summed E-state index contributed by atoms with van der Waals surface area (Å²) in [6.07, 6.45) is 8.01. The molecule has 0 bridgehead atoms. The Hall–Kier alpha value is -1.50. The molecule has 4 heteroatoms. The molecule has 0 heterocycles. The first-order chi connectivity index (χ1) is 7.03. The number of carbonyl (C=O) groups excluding carboxylic acids is 1. The van der Waals surface area contributed by atoms with Gasteiger partial charge in [0.05, 0.1) is 0 Å². The van der Waals surface area contributed by atoms with E-state index in [4.69, 9.17) is 6.42 Å². The summed E-state index contributed by atoms with van der Waals surface area (Å²) in [5.74, 6) is 0.182. The molecule has 0 aromatic rings. The van der Waals surface area contributed by atoms with Gasteiger partial charge in [-0.25, -0.2) is 4.79 Å². The van der Waals surface area contributed by atoms with Crippen LogP contribution in [-0.4, -0.2) is 22.5 Å². The zero-order valence-electron chi connectivity index (χ0n) is 8.75. The van der Waals surface area contributed by atoms with E-state index in [2.05, 4.69) is 5.32 Å². The van der Waals surface area contributed by atoms with E-state index in [1.54, 1.807) is 0 Å². The summed E-state index contributed by atoms with van der Waals surface area (Å²) in [4.78, 5) is 22.4. The fourth-order valence-corrected chi connectivity index (χ4v) is 2.14. The van der Waals surface area contributed by atoms with Crippen molar-refractivity contribution < 1.29 is 14.7 Å². The van der Waals surface area contributed by atoms with E-state index < -0.39 is 17.4 Å². The quantitative estimate of drug-likeness (QED) is 0.660. The Kier molecular flexibility index (Phi) is 3.35. The number of carbonyl (C=O) groups is 2. The van der Waals surface area contributed by atoms with Gasteiger partial charge < -0.3 is 10.4 Å². The topological polar surface area (TPSA) is 66.4 Å². The molecule has 1 saturated carbocycles. The molecule has 2 N–H and O–H groups in total. The van der Waals surface area contributed by atoms with E-state index in [-0.39, 0.29) is 5.92 Å². The van der Waals surface area contributed by atoms with Gasteiger partial charge in [0.2, 0.25) is 0 Å². The minimum atomic E-state index is -1.16. The Morgan fingerprint density at radius 3 is 2.67 bits per heavy atom. The predicted octanol–water partition coefficient (Wildman–Crippen LogP) is 0.769. The van der Waals surface area contributed by atoms with Crippen molar-refractivity contribution in [1.29, 1.82) is 0 Å². The molecule has 0 aliphatic heterocycles. The molecule has 4 nitrogen and oxygen atoms in total. The lowest BCUT2D eigenvalue weighted by Gasteiger charge is -2.38. The summed E-state index contributed by atoms with van der Waals surface area (Å²) in [6.45, 7) is 1.84. The highest BCUT2D eigenvalue weighted by Crippen LogP contribution is 2.33. The Labute approximate surface area is 89.0 Å². The fraction of sp³-hybridized carbons (Fsp3) is 0.636. The van der Waals surface area contributed by atoms with Gasteiger partial charge in [-0.05, 0) is 24.7 Å². The van der Waals surface area contributed by atoms with Crippen LogP contribution in [-0.2, 0) is 9.59 Å². The molecule has 1 amide bonds. The average Bonchev–Trinajstić information content (AvgIpc) is 2.21. The Morgan fingerprint density at radius 1 is 1.53 bits per heavy atom. The standard InChI is InChI=1S/C11H15NO3/c1-3-9(13)12-11(10(14)15)7-5-4-6-8(11)2/h1,8H,4-7H2,2H3,(H,12,13)(H,14,15). The van der Waals surface area contributed by atoms with Gasteiger partial charge in [-0.15, -0.1) is 6.42 Å². The van der Waals surface area contributed by atoms with Crippen molar-refractivity contribution in [3.63, 3.8) is 0 Å². The zero-order valence-corrected chi connectivity index (χ0v) is 8.75. The molecular weight excluding hydrogens is 194 g/mol. The average molecular weight is 209 g/mol. The number of amides is 1. The first kappa shape index (κ1) is 11.6. The molecule has 1 fully saturated rings. The first-order valence-electron chi connectivity index (χ1n) is 5.05. The molecule has 1 aliphatic carbocycles. The molecule has 0 spiro atoms. The van der Waals surface area contributed by atoms with E-state index in [0.29, 0.717) is 6.42 Å². The van der Waals surface area contributed by atoms with Gasteiger partial charge in [-0.3, -0.25) is 4.79 Å². The summed E-state index contributed by atoms with van der Waals surface area (Å²) in [5, 5.41) is 11.7. The molecule has 0 aromatic heterocycles. The third kappa shape index (κ3) is 2.12. The number of aliphatic carboxylic acids is 1. The fourth-order valence-electron chi connectivity index (χ4n) is 2.14. The number of rotatable bonds is 2. The molecule has 0 radical (unpaired) electrons. The Morgan fingerprint density at radius 2 is 2.20 bits per heavy atom. The van der Waals surface area contributed by atoms with Gasteiger partial charge in [0.15, 0.2) is 0 Å². The maximum atomic E-state index is 11.3. The Bertz CT molecular complexity index is 318. The SMILES string of the molecule is C#CC(=O)NC1(C(=O)O)CCCCC1C. The second-order valence-electron chi connectivity index (χ2n) is 4.02. The monoisotopic (exact) mass is 209 g/mol. The third-order valence-corrected chi connectivity index (χ3v) is 3.15. The van der Waals surface area contributed by atoms with Crippen LogP contribution in [0, 0.1) is 18.3 Å². The van der Waals surface area contributed by atoms with Crippen molar-refractivity contribution in [3.05, 3.63) is 0 Å². The van der Waals surface area contributed by atoms with E-state index in [0.717, 1.165) is 19.3 Å². The summed E-state index contributed by atoms with van der Waals surface area (Å²) < 4.78 is 0. The third-order valence-electron chi connectivity index (χ3n) is 3.15. The van der Waals surface area contributed by atoms with Crippen LogP contribution in [0.2, 0.25) is 0 Å². The minimum Gasteiger partial charge on any atom is -0.479 e. The molecule has 0 saturated heterocycles. The van der Waals surface area contributed by atoms with Crippen LogP contribution in [0.5, 0.6) is 0 Å². The largest absolute Gasteiger partial charge is 0.479 e. The smallest absolute Gasteiger partial charge is 0.329 e. The number of carboxylic acid groups (broad SMARTS) is 1. The van der Waals surface area contributed by atoms with Crippen LogP contribution in [0.15, 0.2) is 0 Å². The number of hydrogen-bond acceptors (Lipinski definition) is 2. The molecule has 1 rings (SSSR count). The van der Waals surface area contributed by atoms with Crippen LogP contribution in [0.4, 0.5) is 0 Å². The van der Waals surface area contributed by atoms with Gasteiger partial charge >= 0.3 is 5.97 Å². The van der Waals surface area contributed by atoms with Crippen molar-refractivity contribution in [2.75, 3.05) is 0 Å². The normalized spacial score (nSPS) is 30.3. The van der Waals surface area contributed by atoms with Crippen LogP contribution in [0.3, 0.4) is 0 Å². The maximum Gasteiger partial charge on any atom is 0.329 e. The van der Waals surface area contributed by atoms with E-state index in [9.17, 15) is 14.7 Å². The van der Waals surface area contributed by atoms with Gasteiger partial charge in [-0.2, -0.15) is 0 Å². The number of hydrogen-bond donors (Lipinski definition) is 2. The van der Waals surface area contributed by atoms with Crippen molar-refractivity contribution in [2.24, 2.45) is 5.92 Å². The summed E-state index contributed by atoms with van der Waals surface area (Å²) in [5.41, 5.74) is -1.16. The zero-order chi connectivity index (χ0) is 11.5. The molecule has 1 aliphatic rings. The highest BCUT2D eigenvalue weighted by molar-refractivity contribution is 5.97. The second kappa shape index (κ2) is 4.35. The van der Waals surface area contributed by atoms with Crippen LogP contribution < -0.4 is 5.32 Å². The van der Waals surface area contributed by atoms with E-state index in [1.165, 1.54) is 0 Å². The first-order valence-corrected chi connectivity index (χ1v) is 5.05. The Balaban J connectivity index is 2.92. The van der Waals surface area contributed by atoms with Crippen molar-refractivity contribution >= 4 is 11.9 Å². The molecular formula is C11H15NO3. The van der Waals surface area contributed by atoms with Gasteiger partial charge in [0, 0.05) is 0 Å². The van der Waals surface area contributed by atoms with E-state index in [1.807, 2.05) is 12.8 Å². The summed E-state index contributed by atoms with van der Waals surface area (Å²) in [6, 6.07) is 0. The maximum absolute atomic E-state index is 11.3. The highest BCUT2D eigenvalue weighted by Gasteiger charge is 2.46. The van der Waals surface area contributed by atoms with Gasteiger partial charge in [0.1, 0.15) is 5.54 Å². The molecule has 2 unspecified atom stereocenters. The summed E-state index contributed by atoms with van der Waals surface area (Å²) in [7, 11) is 0. The number of carboxylic acids is 1. The van der Waals surface area contributed by atoms with Crippen LogP contribution >= 0.6 is 0 Å². The molecule has 0 aromatic carbocycles. The number of nitrogens with one attached hydrogen (secondary N) is 1. The van der Waals surface area contributed by atoms with E-state index >= 15 is 0 Å². The molecule has 2 atom stereocenters. The lowest BCUT2D eigenvalue weighted by molar-refractivity contribution is -0.151. The lowest BCUT2D eigenvalue weighted by Crippen LogP contribution is -2.59. The van der Waals surface area contributed by atoms with Crippen LogP contribution in [0.1, 0.15) is 32.6 Å². The van der Waals surface area contributed by atoms with Gasteiger partial charge in [0.25, 0.3) is 5.91 Å². The van der Waals surface area contributed by atoms with Crippen molar-refractivity contribution in [2.45, 2.75) is 38.1 Å².